The van der Waals surface area contributed by atoms with Gasteiger partial charge in [0.1, 0.15) is 5.69 Å². The fourth-order valence-electron chi connectivity index (χ4n) is 3.07. The molecule has 3 heterocycles. The number of thiazole rings is 1. The van der Waals surface area contributed by atoms with Gasteiger partial charge in [-0.2, -0.15) is 5.10 Å². The van der Waals surface area contributed by atoms with E-state index in [1.54, 1.807) is 11.3 Å². The number of piperidine rings is 1. The summed E-state index contributed by atoms with van der Waals surface area (Å²) >= 11 is 1.61. The molecular formula is C17H24N4OS. The third kappa shape index (κ3) is 4.19. The highest BCUT2D eigenvalue weighted by Gasteiger charge is 2.24. The number of carbonyl (C=O) groups excluding carboxylic acids is 1. The summed E-state index contributed by atoms with van der Waals surface area (Å²) in [6, 6.07) is 1.96. The number of rotatable bonds is 6. The average molecular weight is 332 g/mol. The van der Waals surface area contributed by atoms with Gasteiger partial charge in [0.15, 0.2) is 0 Å². The Balaban J connectivity index is 1.46. The maximum atomic E-state index is 12.5. The van der Waals surface area contributed by atoms with Gasteiger partial charge in [0.05, 0.1) is 5.01 Å². The van der Waals surface area contributed by atoms with Crippen LogP contribution < -0.4 is 0 Å². The van der Waals surface area contributed by atoms with Crippen LogP contribution >= 0.6 is 11.3 Å². The first kappa shape index (κ1) is 16.2. The number of aryl methyl sites for hydroxylation is 2. The van der Waals surface area contributed by atoms with Gasteiger partial charge in [-0.15, -0.1) is 11.3 Å². The van der Waals surface area contributed by atoms with Crippen LogP contribution in [0.3, 0.4) is 0 Å². The van der Waals surface area contributed by atoms with Crippen LogP contribution in [0, 0.1) is 5.92 Å². The smallest absolute Gasteiger partial charge is 0.273 e. The Labute approximate surface area is 141 Å². The topological polar surface area (TPSA) is 51.0 Å². The van der Waals surface area contributed by atoms with Crippen LogP contribution in [0.1, 0.15) is 48.1 Å². The molecule has 0 aliphatic carbocycles. The summed E-state index contributed by atoms with van der Waals surface area (Å²) in [4.78, 5) is 19.0. The van der Waals surface area contributed by atoms with Gasteiger partial charge in [0.2, 0.25) is 0 Å². The lowest BCUT2D eigenvalue weighted by molar-refractivity contribution is 0.0679. The van der Waals surface area contributed by atoms with E-state index in [1.807, 2.05) is 33.4 Å². The van der Waals surface area contributed by atoms with Gasteiger partial charge in [0, 0.05) is 37.4 Å². The zero-order valence-electron chi connectivity index (χ0n) is 13.6. The SMILES string of the molecule is CCCc1nc(C(=O)N2CCC(CCn3cccn3)CC2)cs1. The van der Waals surface area contributed by atoms with E-state index in [1.165, 1.54) is 0 Å². The third-order valence-corrected chi connectivity index (χ3v) is 5.37. The lowest BCUT2D eigenvalue weighted by Crippen LogP contribution is -2.38. The first-order valence-corrected chi connectivity index (χ1v) is 9.35. The molecule has 0 aromatic carbocycles. The maximum Gasteiger partial charge on any atom is 0.273 e. The summed E-state index contributed by atoms with van der Waals surface area (Å²) in [7, 11) is 0. The minimum Gasteiger partial charge on any atom is -0.337 e. The molecule has 1 aliphatic heterocycles. The Morgan fingerprint density at radius 1 is 1.39 bits per heavy atom. The predicted octanol–water partition coefficient (Wildman–Crippen LogP) is 3.23. The van der Waals surface area contributed by atoms with E-state index in [0.29, 0.717) is 11.6 Å². The molecule has 0 N–H and O–H groups in total. The number of aromatic nitrogens is 3. The second kappa shape index (κ2) is 7.73. The molecule has 0 saturated carbocycles. The predicted molar refractivity (Wildman–Crippen MR) is 91.6 cm³/mol. The van der Waals surface area contributed by atoms with E-state index in [0.717, 1.165) is 56.7 Å². The van der Waals surface area contributed by atoms with Crippen molar-refractivity contribution in [1.82, 2.24) is 19.7 Å². The van der Waals surface area contributed by atoms with E-state index in [4.69, 9.17) is 0 Å². The molecule has 0 radical (unpaired) electrons. The lowest BCUT2D eigenvalue weighted by atomic mass is 9.93. The van der Waals surface area contributed by atoms with Crippen molar-refractivity contribution in [2.24, 2.45) is 5.92 Å². The maximum absolute atomic E-state index is 12.5. The van der Waals surface area contributed by atoms with Crippen molar-refractivity contribution in [2.45, 2.75) is 45.6 Å². The molecule has 5 nitrogen and oxygen atoms in total. The fourth-order valence-corrected chi connectivity index (χ4v) is 3.95. The van der Waals surface area contributed by atoms with Gasteiger partial charge in [-0.05, 0) is 44.1 Å². The highest BCUT2D eigenvalue weighted by molar-refractivity contribution is 7.09. The van der Waals surface area contributed by atoms with Crippen molar-refractivity contribution in [3.63, 3.8) is 0 Å². The second-order valence-electron chi connectivity index (χ2n) is 6.17. The van der Waals surface area contributed by atoms with Gasteiger partial charge in [-0.25, -0.2) is 4.98 Å². The number of hydrogen-bond donors (Lipinski definition) is 0. The molecule has 3 rings (SSSR count). The van der Waals surface area contributed by atoms with E-state index in [-0.39, 0.29) is 5.91 Å². The van der Waals surface area contributed by atoms with Crippen molar-refractivity contribution in [1.29, 1.82) is 0 Å². The summed E-state index contributed by atoms with van der Waals surface area (Å²) in [6.07, 6.45) is 9.17. The second-order valence-corrected chi connectivity index (χ2v) is 7.11. The van der Waals surface area contributed by atoms with Crippen molar-refractivity contribution < 1.29 is 4.79 Å². The number of hydrogen-bond acceptors (Lipinski definition) is 4. The van der Waals surface area contributed by atoms with Crippen LogP contribution in [0.25, 0.3) is 0 Å². The lowest BCUT2D eigenvalue weighted by Gasteiger charge is -2.31. The van der Waals surface area contributed by atoms with Gasteiger partial charge in [-0.1, -0.05) is 6.92 Å². The molecule has 0 unspecified atom stereocenters. The zero-order chi connectivity index (χ0) is 16.1. The Morgan fingerprint density at radius 3 is 2.91 bits per heavy atom. The first-order chi connectivity index (χ1) is 11.3. The highest BCUT2D eigenvalue weighted by atomic mass is 32.1. The van der Waals surface area contributed by atoms with E-state index in [2.05, 4.69) is 17.0 Å². The standard InChI is InChI=1S/C17H24N4OS/c1-2-4-16-19-15(13-23-16)17(22)20-10-5-14(6-11-20)7-12-21-9-3-8-18-21/h3,8-9,13-14H,2,4-7,10-12H2,1H3. The van der Waals surface area contributed by atoms with Crippen LogP contribution in [0.5, 0.6) is 0 Å². The van der Waals surface area contributed by atoms with Crippen molar-refractivity contribution in [3.8, 4) is 0 Å². The normalized spacial score (nSPS) is 16.0. The number of likely N-dealkylation sites (tertiary alicyclic amines) is 1. The molecule has 6 heteroatoms. The summed E-state index contributed by atoms with van der Waals surface area (Å²) < 4.78 is 1.99. The molecule has 1 amide bonds. The van der Waals surface area contributed by atoms with E-state index < -0.39 is 0 Å². The average Bonchev–Trinajstić information content (AvgIpc) is 3.25. The molecule has 1 aliphatic rings. The molecule has 1 saturated heterocycles. The molecular weight excluding hydrogens is 308 g/mol. The Hall–Kier alpha value is -1.69. The molecule has 23 heavy (non-hydrogen) atoms. The zero-order valence-corrected chi connectivity index (χ0v) is 14.5. The summed E-state index contributed by atoms with van der Waals surface area (Å²) in [5.41, 5.74) is 0.633. The van der Waals surface area contributed by atoms with E-state index in [9.17, 15) is 4.79 Å². The van der Waals surface area contributed by atoms with Gasteiger partial charge in [0.25, 0.3) is 5.91 Å². The highest BCUT2D eigenvalue weighted by Crippen LogP contribution is 2.23. The Bertz CT molecular complexity index is 614. The Morgan fingerprint density at radius 2 is 2.22 bits per heavy atom. The fraction of sp³-hybridized carbons (Fsp3) is 0.588. The molecule has 0 spiro atoms. The monoisotopic (exact) mass is 332 g/mol. The number of amides is 1. The molecule has 124 valence electrons. The summed E-state index contributed by atoms with van der Waals surface area (Å²) in [5.74, 6) is 0.795. The summed E-state index contributed by atoms with van der Waals surface area (Å²) in [6.45, 7) is 4.81. The van der Waals surface area contributed by atoms with Gasteiger partial charge < -0.3 is 4.90 Å². The molecule has 0 atom stereocenters. The minimum atomic E-state index is 0.106. The van der Waals surface area contributed by atoms with Crippen molar-refractivity contribution in [2.75, 3.05) is 13.1 Å². The largest absolute Gasteiger partial charge is 0.337 e. The van der Waals surface area contributed by atoms with Gasteiger partial charge >= 0.3 is 0 Å². The molecule has 1 fully saturated rings. The van der Waals surface area contributed by atoms with Gasteiger partial charge in [-0.3, -0.25) is 9.48 Å². The minimum absolute atomic E-state index is 0.106. The first-order valence-electron chi connectivity index (χ1n) is 8.47. The molecule has 2 aromatic rings. The number of nitrogens with zero attached hydrogens (tertiary/aromatic N) is 4. The van der Waals surface area contributed by atoms with E-state index >= 15 is 0 Å². The van der Waals surface area contributed by atoms with Crippen LogP contribution in [-0.4, -0.2) is 38.7 Å². The Kier molecular flexibility index (Phi) is 5.43. The molecule has 0 bridgehead atoms. The third-order valence-electron chi connectivity index (χ3n) is 4.46. The van der Waals surface area contributed by atoms with Crippen LogP contribution in [0.4, 0.5) is 0 Å². The van der Waals surface area contributed by atoms with Crippen molar-refractivity contribution in [3.05, 3.63) is 34.5 Å². The quantitative estimate of drug-likeness (QED) is 0.816. The molecule has 2 aromatic heterocycles. The van der Waals surface area contributed by atoms with Crippen LogP contribution in [-0.2, 0) is 13.0 Å². The van der Waals surface area contributed by atoms with Crippen LogP contribution in [0.15, 0.2) is 23.8 Å². The number of carbonyl (C=O) groups is 1. The summed E-state index contributed by atoms with van der Waals surface area (Å²) in [5, 5.41) is 7.23. The van der Waals surface area contributed by atoms with Crippen molar-refractivity contribution >= 4 is 17.2 Å². The van der Waals surface area contributed by atoms with Crippen LogP contribution in [0.2, 0.25) is 0 Å².